The summed E-state index contributed by atoms with van der Waals surface area (Å²) in [5.74, 6) is -0.0308. The van der Waals surface area contributed by atoms with Gasteiger partial charge in [0.15, 0.2) is 10.9 Å². The highest BCUT2D eigenvalue weighted by Crippen LogP contribution is 2.27. The van der Waals surface area contributed by atoms with Gasteiger partial charge >= 0.3 is 0 Å². The van der Waals surface area contributed by atoms with Crippen LogP contribution in [0.25, 0.3) is 0 Å². The van der Waals surface area contributed by atoms with Crippen molar-refractivity contribution in [2.45, 2.75) is 30.9 Å². The Balaban J connectivity index is 1.55. The van der Waals surface area contributed by atoms with E-state index in [0.717, 1.165) is 27.5 Å². The predicted octanol–water partition coefficient (Wildman–Crippen LogP) is 6.13. The fourth-order valence-corrected chi connectivity index (χ4v) is 4.03. The number of carbonyl (C=O) groups is 2. The van der Waals surface area contributed by atoms with E-state index in [0.29, 0.717) is 10.7 Å². The Morgan fingerprint density at radius 3 is 2.09 bits per heavy atom. The first-order valence-electron chi connectivity index (χ1n) is 10.1. The van der Waals surface area contributed by atoms with E-state index in [-0.39, 0.29) is 16.9 Å². The molecule has 5 nitrogen and oxygen atoms in total. The number of hydrogen-bond donors (Lipinski definition) is 3. The first-order chi connectivity index (χ1) is 15.3. The highest BCUT2D eigenvalue weighted by molar-refractivity contribution is 8.00. The molecule has 3 aromatic carbocycles. The molecule has 3 N–H and O–H groups in total. The number of hydrogen-bond acceptors (Lipinski definition) is 4. The quantitative estimate of drug-likeness (QED) is 0.223. The van der Waals surface area contributed by atoms with Crippen LogP contribution in [0, 0.1) is 6.92 Å². The molecule has 0 aliphatic heterocycles. The number of thiocarbonyl (C=S) groups is 1. The topological polar surface area (TPSA) is 70.2 Å². The molecule has 0 saturated heterocycles. The van der Waals surface area contributed by atoms with E-state index >= 15 is 0 Å². The first kappa shape index (κ1) is 23.5. The minimum atomic E-state index is -0.267. The lowest BCUT2D eigenvalue weighted by Crippen LogP contribution is -2.22. The average Bonchev–Trinajstić information content (AvgIpc) is 2.76. The second-order valence-corrected chi connectivity index (χ2v) is 9.18. The monoisotopic (exact) mass is 463 g/mol. The number of ketones is 1. The molecule has 0 saturated carbocycles. The lowest BCUT2D eigenvalue weighted by molar-refractivity contribution is -0.115. The summed E-state index contributed by atoms with van der Waals surface area (Å²) in [6.07, 6.45) is 0. The highest BCUT2D eigenvalue weighted by atomic mass is 32.2. The summed E-state index contributed by atoms with van der Waals surface area (Å²) in [5.41, 5.74) is 4.20. The molecule has 0 heterocycles. The number of Topliss-reactive ketones (excluding diaryl/α,β-unsaturated/α-hetero) is 1. The predicted molar refractivity (Wildman–Crippen MR) is 138 cm³/mol. The number of nitrogens with one attached hydrogen (secondary N) is 3. The van der Waals surface area contributed by atoms with Gasteiger partial charge in [-0.2, -0.15) is 0 Å². The van der Waals surface area contributed by atoms with E-state index in [4.69, 9.17) is 12.2 Å². The zero-order valence-corrected chi connectivity index (χ0v) is 19.8. The van der Waals surface area contributed by atoms with E-state index in [1.807, 2.05) is 74.5 Å². The first-order valence-corrected chi connectivity index (χ1v) is 11.4. The van der Waals surface area contributed by atoms with Crippen LogP contribution in [-0.2, 0) is 4.79 Å². The molecule has 3 aromatic rings. The molecule has 0 aliphatic carbocycles. The van der Waals surface area contributed by atoms with Gasteiger partial charge in [-0.05, 0) is 87.6 Å². The van der Waals surface area contributed by atoms with Gasteiger partial charge < -0.3 is 16.0 Å². The highest BCUT2D eigenvalue weighted by Gasteiger charge is 2.15. The fourth-order valence-electron chi connectivity index (χ4n) is 2.87. The van der Waals surface area contributed by atoms with Crippen molar-refractivity contribution in [3.8, 4) is 0 Å². The van der Waals surface area contributed by atoms with Crippen LogP contribution >= 0.6 is 24.0 Å². The lowest BCUT2D eigenvalue weighted by atomic mass is 10.1. The molecule has 0 spiro atoms. The summed E-state index contributed by atoms with van der Waals surface area (Å²) >= 11 is 6.87. The molecule has 7 heteroatoms. The van der Waals surface area contributed by atoms with Crippen molar-refractivity contribution in [3.63, 3.8) is 0 Å². The van der Waals surface area contributed by atoms with E-state index in [1.54, 1.807) is 12.1 Å². The van der Waals surface area contributed by atoms with Crippen LogP contribution in [0.4, 0.5) is 17.1 Å². The Hall–Kier alpha value is -3.16. The van der Waals surface area contributed by atoms with Crippen LogP contribution in [0.2, 0.25) is 0 Å². The summed E-state index contributed by atoms with van der Waals surface area (Å²) < 4.78 is 0. The maximum Gasteiger partial charge on any atom is 0.237 e. The summed E-state index contributed by atoms with van der Waals surface area (Å²) in [4.78, 5) is 24.9. The van der Waals surface area contributed by atoms with Gasteiger partial charge in [-0.25, -0.2) is 0 Å². The molecule has 0 fully saturated rings. The number of thioether (sulfide) groups is 1. The van der Waals surface area contributed by atoms with Crippen molar-refractivity contribution in [1.29, 1.82) is 0 Å². The molecule has 1 unspecified atom stereocenters. The molecule has 32 heavy (non-hydrogen) atoms. The number of aryl methyl sites for hydroxylation is 1. The van der Waals surface area contributed by atoms with Crippen LogP contribution in [0.3, 0.4) is 0 Å². The third-order valence-corrected chi connectivity index (χ3v) is 5.94. The molecule has 164 valence electrons. The average molecular weight is 464 g/mol. The van der Waals surface area contributed by atoms with Crippen molar-refractivity contribution in [2.75, 3.05) is 16.0 Å². The maximum atomic E-state index is 12.5. The minimum Gasteiger partial charge on any atom is -0.332 e. The molecule has 3 rings (SSSR count). The van der Waals surface area contributed by atoms with E-state index in [9.17, 15) is 9.59 Å². The van der Waals surface area contributed by atoms with Gasteiger partial charge in [-0.15, -0.1) is 11.8 Å². The fraction of sp³-hybridized carbons (Fsp3) is 0.160. The van der Waals surface area contributed by atoms with Crippen molar-refractivity contribution in [1.82, 2.24) is 0 Å². The Morgan fingerprint density at radius 1 is 0.844 bits per heavy atom. The normalized spacial score (nSPS) is 11.3. The third kappa shape index (κ3) is 6.93. The zero-order chi connectivity index (χ0) is 23.1. The summed E-state index contributed by atoms with van der Waals surface area (Å²) in [7, 11) is 0. The summed E-state index contributed by atoms with van der Waals surface area (Å²) in [5, 5.41) is 9.38. The molecule has 0 radical (unpaired) electrons. The van der Waals surface area contributed by atoms with Crippen molar-refractivity contribution < 1.29 is 9.59 Å². The van der Waals surface area contributed by atoms with Crippen molar-refractivity contribution in [3.05, 3.63) is 83.9 Å². The van der Waals surface area contributed by atoms with Crippen LogP contribution in [0.1, 0.15) is 29.8 Å². The molecule has 1 amide bonds. The second kappa shape index (κ2) is 10.9. The Bertz CT molecular complexity index is 1110. The third-order valence-electron chi connectivity index (χ3n) is 4.64. The van der Waals surface area contributed by atoms with Gasteiger partial charge in [0, 0.05) is 27.5 Å². The van der Waals surface area contributed by atoms with Crippen LogP contribution in [0.5, 0.6) is 0 Å². The SMILES string of the molecule is CC(=O)c1ccc(NC(=S)Nc2cccc(SC(C)C(=O)Nc3ccc(C)cc3)c2)cc1. The van der Waals surface area contributed by atoms with Gasteiger partial charge in [-0.3, -0.25) is 9.59 Å². The zero-order valence-electron chi connectivity index (χ0n) is 18.1. The second-order valence-electron chi connectivity index (χ2n) is 7.36. The number of carbonyl (C=O) groups excluding carboxylic acids is 2. The molecular weight excluding hydrogens is 438 g/mol. The van der Waals surface area contributed by atoms with Gasteiger partial charge in [0.2, 0.25) is 5.91 Å². The summed E-state index contributed by atoms with van der Waals surface area (Å²) in [6.45, 7) is 5.42. The number of amides is 1. The smallest absolute Gasteiger partial charge is 0.237 e. The lowest BCUT2D eigenvalue weighted by Gasteiger charge is -2.14. The minimum absolute atomic E-state index is 0.0216. The molecule has 0 aliphatic rings. The number of benzene rings is 3. The standard InChI is InChI=1S/C25H25N3O2S2/c1-16-7-11-20(12-8-16)26-24(30)18(3)32-23-6-4-5-22(15-23)28-25(31)27-21-13-9-19(10-14-21)17(2)29/h4-15,18H,1-3H3,(H,26,30)(H2,27,28,31). The van der Waals surface area contributed by atoms with Gasteiger partial charge in [0.25, 0.3) is 0 Å². The maximum absolute atomic E-state index is 12.5. The number of anilines is 3. The van der Waals surface area contributed by atoms with Gasteiger partial charge in [-0.1, -0.05) is 23.8 Å². The van der Waals surface area contributed by atoms with Gasteiger partial charge in [0.05, 0.1) is 5.25 Å². The molecule has 0 bridgehead atoms. The van der Waals surface area contributed by atoms with E-state index in [2.05, 4.69) is 16.0 Å². The van der Waals surface area contributed by atoms with Gasteiger partial charge in [0.1, 0.15) is 0 Å². The molecular formula is C25H25N3O2S2. The Labute approximate surface area is 198 Å². The van der Waals surface area contributed by atoms with Crippen LogP contribution in [-0.4, -0.2) is 22.1 Å². The number of rotatable bonds is 7. The molecule has 1 atom stereocenters. The van der Waals surface area contributed by atoms with Crippen LogP contribution in [0.15, 0.2) is 77.7 Å². The molecule has 0 aromatic heterocycles. The van der Waals surface area contributed by atoms with Crippen LogP contribution < -0.4 is 16.0 Å². The van der Waals surface area contributed by atoms with Crippen molar-refractivity contribution >= 4 is 57.8 Å². The Kier molecular flexibility index (Phi) is 8.03. The van der Waals surface area contributed by atoms with E-state index in [1.165, 1.54) is 18.7 Å². The van der Waals surface area contributed by atoms with E-state index < -0.39 is 0 Å². The largest absolute Gasteiger partial charge is 0.332 e. The van der Waals surface area contributed by atoms with Crippen molar-refractivity contribution in [2.24, 2.45) is 0 Å². The Morgan fingerprint density at radius 2 is 1.44 bits per heavy atom. The summed E-state index contributed by atoms with van der Waals surface area (Å²) in [6, 6.07) is 22.6.